The first-order chi connectivity index (χ1) is 26.9. The molecule has 3 heterocycles. The van der Waals surface area contributed by atoms with Crippen LogP contribution in [0.15, 0.2) is 132 Å². The van der Waals surface area contributed by atoms with Crippen LogP contribution in [0.4, 0.5) is 0 Å². The summed E-state index contributed by atoms with van der Waals surface area (Å²) >= 11 is 0. The summed E-state index contributed by atoms with van der Waals surface area (Å²) in [5.41, 5.74) is 8.32. The third kappa shape index (κ3) is 7.05. The van der Waals surface area contributed by atoms with Gasteiger partial charge in [-0.1, -0.05) is 104 Å². The second-order valence-corrected chi connectivity index (χ2v) is 12.5. The van der Waals surface area contributed by atoms with E-state index >= 15 is 0 Å². The van der Waals surface area contributed by atoms with Crippen molar-refractivity contribution < 1.29 is 34.1 Å². The number of pyridine rings is 2. The van der Waals surface area contributed by atoms with Crippen molar-refractivity contribution >= 4 is 32.7 Å². The van der Waals surface area contributed by atoms with E-state index in [-0.39, 0.29) is 31.2 Å². The Hall–Kier alpha value is -4.89. The maximum atomic E-state index is 8.93. The van der Waals surface area contributed by atoms with Gasteiger partial charge in [-0.25, -0.2) is 0 Å². The van der Waals surface area contributed by atoms with Gasteiger partial charge in [0, 0.05) is 47.5 Å². The third-order valence-electron chi connectivity index (χ3n) is 9.25. The first-order valence-corrected chi connectivity index (χ1v) is 16.7. The maximum Gasteiger partial charge on any atom is 0.121 e. The fraction of sp³-hybridized carbons (Fsp3) is 0.174. The molecule has 5 aromatic carbocycles. The SMILES string of the molecule is [2H]C([2H])([2H])c1c[c-]c(-c2ccc(C([2H])([2H])[2H])cn2)cc1.[2H]C1(c2ccc(-c3ccnc(-c4[c-]ccc5c4oc4cc6ccccc6cc45)c3)cc2)CCCCC1.[Ir]. The number of aryl methyl sites for hydroxylation is 2. The smallest absolute Gasteiger partial charge is 0.121 e. The van der Waals surface area contributed by atoms with Crippen LogP contribution in [0.3, 0.4) is 0 Å². The molecule has 1 aliphatic rings. The molecule has 0 saturated heterocycles. The van der Waals surface area contributed by atoms with Gasteiger partial charge in [0.25, 0.3) is 0 Å². The summed E-state index contributed by atoms with van der Waals surface area (Å²) in [6.07, 6.45) is 8.63. The van der Waals surface area contributed by atoms with E-state index in [0.717, 1.165) is 75.6 Å². The number of rotatable bonds is 4. The van der Waals surface area contributed by atoms with E-state index in [2.05, 4.69) is 89.9 Å². The van der Waals surface area contributed by atoms with Crippen molar-refractivity contribution in [2.75, 3.05) is 0 Å². The zero-order valence-corrected chi connectivity index (χ0v) is 29.7. The molecule has 3 nitrogen and oxygen atoms in total. The molecule has 1 radical (unpaired) electrons. The molecule has 8 aromatic rings. The quantitative estimate of drug-likeness (QED) is 0.166. The summed E-state index contributed by atoms with van der Waals surface area (Å²) in [7, 11) is 0. The Morgan fingerprint density at radius 1 is 0.720 bits per heavy atom. The monoisotopic (exact) mass is 834 g/mol. The van der Waals surface area contributed by atoms with Crippen LogP contribution in [0.5, 0.6) is 0 Å². The van der Waals surface area contributed by atoms with E-state index in [4.69, 9.17) is 19.0 Å². The number of benzene rings is 5. The first kappa shape index (κ1) is 26.0. The molecule has 0 spiro atoms. The number of nitrogens with zero attached hydrogens (tertiary/aromatic N) is 2. The maximum absolute atomic E-state index is 8.93. The summed E-state index contributed by atoms with van der Waals surface area (Å²) in [6, 6.07) is 43.3. The molecule has 0 aliphatic heterocycles. The molecule has 0 amide bonds. The van der Waals surface area contributed by atoms with E-state index in [1.165, 1.54) is 41.6 Å². The molecule has 0 atom stereocenters. The van der Waals surface area contributed by atoms with Gasteiger partial charge in [0.05, 0.1) is 5.58 Å². The second-order valence-electron chi connectivity index (χ2n) is 12.5. The number of hydrogen-bond donors (Lipinski definition) is 0. The topological polar surface area (TPSA) is 38.9 Å². The molecule has 1 saturated carbocycles. The van der Waals surface area contributed by atoms with Crippen molar-refractivity contribution in [2.24, 2.45) is 0 Å². The van der Waals surface area contributed by atoms with Crippen LogP contribution in [0, 0.1) is 25.8 Å². The molecule has 249 valence electrons. The van der Waals surface area contributed by atoms with Crippen LogP contribution in [-0.2, 0) is 20.1 Å². The first-order valence-electron chi connectivity index (χ1n) is 20.2. The van der Waals surface area contributed by atoms with Crippen LogP contribution < -0.4 is 0 Å². The minimum Gasteiger partial charge on any atom is -0.501 e. The summed E-state index contributed by atoms with van der Waals surface area (Å²) in [4.78, 5) is 8.77. The number of furan rings is 1. The average molecular weight is 834 g/mol. The Kier molecular flexibility index (Phi) is 7.76. The van der Waals surface area contributed by atoms with Crippen LogP contribution in [-0.4, -0.2) is 9.97 Å². The number of fused-ring (bicyclic) bond motifs is 4. The molecule has 9 rings (SSSR count). The van der Waals surface area contributed by atoms with Gasteiger partial charge in [0.15, 0.2) is 0 Å². The van der Waals surface area contributed by atoms with Gasteiger partial charge in [0.1, 0.15) is 5.58 Å². The molecular formula is C46H38IrN2O-2. The Balaban J connectivity index is 0.000000202. The Bertz CT molecular complexity index is 2590. The molecule has 0 N–H and O–H groups in total. The standard InChI is InChI=1S/C33H26NO.C13H12N.Ir/c1-2-7-22(8-3-1)23-13-15-24(16-14-23)27-17-18-34-31(20-27)29-12-6-11-28-30-19-25-9-4-5-10-26(25)21-32(30)35-33(28)29;1-10-3-6-12(7-4-10)13-8-5-11(2)9-14-13;/h4-6,9-11,13-22H,1-3,7-8H2;3-6,8-9H,1-2H3;/q2*-1;/i22D;1D3,2D3;. The average Bonchev–Trinajstić information content (AvgIpc) is 3.57. The normalized spacial score (nSPS) is 16.4. The number of hydrogen-bond acceptors (Lipinski definition) is 3. The molecule has 3 aromatic heterocycles. The van der Waals surface area contributed by atoms with Gasteiger partial charge in [-0.15, -0.1) is 53.6 Å². The molecule has 1 aliphatic carbocycles. The van der Waals surface area contributed by atoms with E-state index < -0.39 is 19.6 Å². The van der Waals surface area contributed by atoms with E-state index in [9.17, 15) is 0 Å². The fourth-order valence-corrected chi connectivity index (χ4v) is 6.67. The van der Waals surface area contributed by atoms with Crippen LogP contribution >= 0.6 is 0 Å². The van der Waals surface area contributed by atoms with Crippen molar-refractivity contribution in [3.63, 3.8) is 0 Å². The minimum absolute atomic E-state index is 0. The van der Waals surface area contributed by atoms with Crippen molar-refractivity contribution in [3.8, 4) is 33.6 Å². The van der Waals surface area contributed by atoms with Gasteiger partial charge in [0.2, 0.25) is 0 Å². The molecule has 0 unspecified atom stereocenters. The van der Waals surface area contributed by atoms with Crippen LogP contribution in [0.2, 0.25) is 0 Å². The summed E-state index contributed by atoms with van der Waals surface area (Å²) in [5, 5.41) is 4.56. The summed E-state index contributed by atoms with van der Waals surface area (Å²) in [6.45, 7) is -4.34. The molecular weight excluding hydrogens is 789 g/mol. The van der Waals surface area contributed by atoms with Gasteiger partial charge in [-0.2, -0.15) is 0 Å². The van der Waals surface area contributed by atoms with Gasteiger partial charge in [-0.3, -0.25) is 0 Å². The largest absolute Gasteiger partial charge is 0.501 e. The molecule has 4 heteroatoms. The van der Waals surface area contributed by atoms with E-state index in [1.54, 1.807) is 12.1 Å². The third-order valence-corrected chi connectivity index (χ3v) is 9.25. The number of aromatic nitrogens is 2. The van der Waals surface area contributed by atoms with Gasteiger partial charge >= 0.3 is 0 Å². The molecule has 1 fully saturated rings. The fourth-order valence-electron chi connectivity index (χ4n) is 6.67. The van der Waals surface area contributed by atoms with E-state index in [0.29, 0.717) is 11.3 Å². The Morgan fingerprint density at radius 3 is 2.26 bits per heavy atom. The van der Waals surface area contributed by atoms with Gasteiger partial charge < -0.3 is 14.4 Å². The molecule has 50 heavy (non-hydrogen) atoms. The minimum atomic E-state index is -2.18. The Morgan fingerprint density at radius 2 is 1.52 bits per heavy atom. The van der Waals surface area contributed by atoms with Crippen LogP contribution in [0.25, 0.3) is 66.4 Å². The van der Waals surface area contributed by atoms with E-state index in [1.807, 2.05) is 18.3 Å². The van der Waals surface area contributed by atoms with Crippen molar-refractivity contribution in [1.82, 2.24) is 9.97 Å². The Labute approximate surface area is 317 Å². The predicted octanol–water partition coefficient (Wildman–Crippen LogP) is 12.5. The summed E-state index contributed by atoms with van der Waals surface area (Å²) < 4.78 is 59.0. The van der Waals surface area contributed by atoms with Crippen molar-refractivity contribution in [2.45, 2.75) is 51.7 Å². The van der Waals surface area contributed by atoms with Crippen LogP contribution in [0.1, 0.15) is 64.3 Å². The second kappa shape index (κ2) is 14.9. The summed E-state index contributed by atoms with van der Waals surface area (Å²) in [5.74, 6) is -0.434. The predicted molar refractivity (Wildman–Crippen MR) is 203 cm³/mol. The van der Waals surface area contributed by atoms with Crippen molar-refractivity contribution in [3.05, 3.63) is 156 Å². The zero-order chi connectivity index (χ0) is 39.1. The zero-order valence-electron chi connectivity index (χ0n) is 34.3. The van der Waals surface area contributed by atoms with Crippen molar-refractivity contribution in [1.29, 1.82) is 0 Å². The van der Waals surface area contributed by atoms with Gasteiger partial charge in [-0.05, 0) is 88.2 Å². The molecule has 0 bridgehead atoms.